The van der Waals surface area contributed by atoms with Crippen LogP contribution in [0.1, 0.15) is 10.6 Å². The third kappa shape index (κ3) is 3.57. The van der Waals surface area contributed by atoms with Gasteiger partial charge in [-0.05, 0) is 18.2 Å². The quantitative estimate of drug-likeness (QED) is 0.840. The zero-order valence-electron chi connectivity index (χ0n) is 9.26. The largest absolute Gasteiger partial charge is 0.419 e. The van der Waals surface area contributed by atoms with E-state index in [0.717, 1.165) is 12.1 Å². The number of thiazole rings is 1. The minimum atomic E-state index is -4.72. The molecule has 0 fully saturated rings. The molecule has 1 aromatic heterocycles. The third-order valence-electron chi connectivity index (χ3n) is 2.24. The lowest BCUT2D eigenvalue weighted by atomic mass is 10.2. The van der Waals surface area contributed by atoms with E-state index in [4.69, 9.17) is 11.6 Å². The van der Waals surface area contributed by atoms with E-state index in [2.05, 4.69) is 10.3 Å². The molecule has 0 spiro atoms. The second-order valence-corrected chi connectivity index (χ2v) is 5.35. The fourth-order valence-corrected chi connectivity index (χ4v) is 2.30. The first-order valence-electron chi connectivity index (χ1n) is 5.07. The van der Waals surface area contributed by atoms with Crippen LogP contribution in [0.25, 0.3) is 0 Å². The molecule has 0 radical (unpaired) electrons. The van der Waals surface area contributed by atoms with Gasteiger partial charge in [-0.2, -0.15) is 13.2 Å². The molecule has 0 saturated heterocycles. The van der Waals surface area contributed by atoms with Crippen molar-refractivity contribution in [2.75, 3.05) is 5.32 Å². The van der Waals surface area contributed by atoms with Crippen LogP contribution in [-0.2, 0) is 12.7 Å². The predicted octanol–water partition coefficient (Wildman–Crippen LogP) is 4.57. The van der Waals surface area contributed by atoms with Crippen molar-refractivity contribution >= 4 is 28.6 Å². The first kappa shape index (κ1) is 14.1. The summed E-state index contributed by atoms with van der Waals surface area (Å²) in [6.07, 6.45) is -3.26. The number of rotatable bonds is 3. The minimum Gasteiger partial charge on any atom is -0.379 e. The lowest BCUT2D eigenvalue weighted by Gasteiger charge is -2.10. The zero-order chi connectivity index (χ0) is 14.0. The monoisotopic (exact) mass is 310 g/mol. The highest BCUT2D eigenvalue weighted by molar-refractivity contribution is 7.15. The first-order chi connectivity index (χ1) is 8.86. The third-order valence-corrected chi connectivity index (χ3v) is 3.36. The Morgan fingerprint density at radius 1 is 1.32 bits per heavy atom. The van der Waals surface area contributed by atoms with E-state index in [0.29, 0.717) is 9.34 Å². The fraction of sp³-hybridized carbons (Fsp3) is 0.182. The summed E-state index contributed by atoms with van der Waals surface area (Å²) in [6.45, 7) is 0.223. The number of halogens is 5. The second kappa shape index (κ2) is 5.34. The van der Waals surface area contributed by atoms with E-state index in [1.54, 1.807) is 0 Å². The molecule has 1 N–H and O–H groups in total. The fourth-order valence-electron chi connectivity index (χ4n) is 1.40. The standard InChI is InChI=1S/C11H7ClF4N2S/c12-9-4-18-10(19-9)5-17-6-1-2-8(13)7(3-6)11(14,15)16/h1-4,17H,5H2. The molecule has 0 bridgehead atoms. The average molecular weight is 311 g/mol. The molecule has 0 unspecified atom stereocenters. The van der Waals surface area contributed by atoms with Crippen LogP contribution >= 0.6 is 22.9 Å². The Hall–Kier alpha value is -1.34. The highest BCUT2D eigenvalue weighted by Gasteiger charge is 2.34. The van der Waals surface area contributed by atoms with Gasteiger partial charge in [0, 0.05) is 5.69 Å². The van der Waals surface area contributed by atoms with E-state index in [1.807, 2.05) is 0 Å². The van der Waals surface area contributed by atoms with Gasteiger partial charge >= 0.3 is 6.18 Å². The number of nitrogens with zero attached hydrogens (tertiary/aromatic N) is 1. The number of aromatic nitrogens is 1. The molecule has 2 rings (SSSR count). The van der Waals surface area contributed by atoms with Crippen molar-refractivity contribution in [3.63, 3.8) is 0 Å². The summed E-state index contributed by atoms with van der Waals surface area (Å²) in [5.74, 6) is -1.30. The normalized spacial score (nSPS) is 11.6. The first-order valence-corrected chi connectivity index (χ1v) is 6.26. The molecule has 0 aliphatic rings. The van der Waals surface area contributed by atoms with Crippen molar-refractivity contribution in [2.45, 2.75) is 12.7 Å². The number of benzene rings is 1. The van der Waals surface area contributed by atoms with Crippen LogP contribution in [-0.4, -0.2) is 4.98 Å². The molecular formula is C11H7ClF4N2S. The number of alkyl halides is 3. The van der Waals surface area contributed by atoms with Crippen LogP contribution in [0.2, 0.25) is 4.34 Å². The SMILES string of the molecule is Fc1ccc(NCc2ncc(Cl)s2)cc1C(F)(F)F. The highest BCUT2D eigenvalue weighted by Crippen LogP contribution is 2.33. The van der Waals surface area contributed by atoms with Gasteiger partial charge in [0.15, 0.2) is 0 Å². The molecule has 0 saturated carbocycles. The smallest absolute Gasteiger partial charge is 0.379 e. The van der Waals surface area contributed by atoms with Crippen molar-refractivity contribution < 1.29 is 17.6 Å². The van der Waals surface area contributed by atoms with Crippen molar-refractivity contribution in [3.8, 4) is 0 Å². The van der Waals surface area contributed by atoms with Gasteiger partial charge in [0.2, 0.25) is 0 Å². The number of hydrogen-bond acceptors (Lipinski definition) is 3. The Balaban J connectivity index is 2.13. The Morgan fingerprint density at radius 3 is 2.63 bits per heavy atom. The molecule has 1 heterocycles. The van der Waals surface area contributed by atoms with Crippen molar-refractivity contribution in [1.29, 1.82) is 0 Å². The number of nitrogens with one attached hydrogen (secondary N) is 1. The van der Waals surface area contributed by atoms with Gasteiger partial charge in [-0.3, -0.25) is 0 Å². The molecule has 0 aliphatic heterocycles. The van der Waals surface area contributed by atoms with Crippen LogP contribution in [0, 0.1) is 5.82 Å². The maximum atomic E-state index is 13.1. The van der Waals surface area contributed by atoms with Gasteiger partial charge in [0.25, 0.3) is 0 Å². The Kier molecular flexibility index (Phi) is 3.96. The van der Waals surface area contributed by atoms with E-state index in [9.17, 15) is 17.6 Å². The molecule has 0 amide bonds. The summed E-state index contributed by atoms with van der Waals surface area (Å²) in [4.78, 5) is 3.95. The minimum absolute atomic E-state index is 0.167. The topological polar surface area (TPSA) is 24.9 Å². The van der Waals surface area contributed by atoms with Gasteiger partial charge < -0.3 is 5.32 Å². The molecule has 2 nitrogen and oxygen atoms in total. The molecule has 2 aromatic rings. The van der Waals surface area contributed by atoms with Crippen LogP contribution in [0.5, 0.6) is 0 Å². The summed E-state index contributed by atoms with van der Waals surface area (Å²) in [7, 11) is 0. The number of anilines is 1. The van der Waals surface area contributed by atoms with E-state index in [-0.39, 0.29) is 12.2 Å². The Morgan fingerprint density at radius 2 is 2.05 bits per heavy atom. The Bertz CT molecular complexity index is 582. The molecule has 19 heavy (non-hydrogen) atoms. The van der Waals surface area contributed by atoms with Gasteiger partial charge in [-0.15, -0.1) is 11.3 Å². The van der Waals surface area contributed by atoms with Gasteiger partial charge in [-0.25, -0.2) is 9.37 Å². The second-order valence-electron chi connectivity index (χ2n) is 3.60. The molecule has 0 atom stereocenters. The van der Waals surface area contributed by atoms with E-state index < -0.39 is 17.6 Å². The van der Waals surface area contributed by atoms with Crippen LogP contribution < -0.4 is 5.32 Å². The average Bonchev–Trinajstić information content (AvgIpc) is 2.72. The van der Waals surface area contributed by atoms with Gasteiger partial charge in [0.05, 0.1) is 18.3 Å². The predicted molar refractivity (Wildman–Crippen MR) is 65.9 cm³/mol. The highest BCUT2D eigenvalue weighted by atomic mass is 35.5. The molecule has 8 heteroatoms. The molecule has 102 valence electrons. The number of hydrogen-bond donors (Lipinski definition) is 1. The summed E-state index contributed by atoms with van der Waals surface area (Å²) >= 11 is 6.89. The van der Waals surface area contributed by atoms with Crippen molar-refractivity contribution in [1.82, 2.24) is 4.98 Å². The van der Waals surface area contributed by atoms with Crippen molar-refractivity contribution in [2.24, 2.45) is 0 Å². The summed E-state index contributed by atoms with van der Waals surface area (Å²) < 4.78 is 51.0. The van der Waals surface area contributed by atoms with E-state index >= 15 is 0 Å². The maximum absolute atomic E-state index is 13.1. The van der Waals surface area contributed by atoms with Gasteiger partial charge in [0.1, 0.15) is 15.2 Å². The molecule has 0 aliphatic carbocycles. The lowest BCUT2D eigenvalue weighted by Crippen LogP contribution is -2.09. The van der Waals surface area contributed by atoms with E-state index in [1.165, 1.54) is 23.6 Å². The summed E-state index contributed by atoms with van der Waals surface area (Å²) in [5.41, 5.74) is -1.13. The molecular weight excluding hydrogens is 304 g/mol. The van der Waals surface area contributed by atoms with Gasteiger partial charge in [-0.1, -0.05) is 11.6 Å². The van der Waals surface area contributed by atoms with Crippen LogP contribution in [0.3, 0.4) is 0 Å². The molecule has 1 aromatic carbocycles. The lowest BCUT2D eigenvalue weighted by molar-refractivity contribution is -0.139. The summed E-state index contributed by atoms with van der Waals surface area (Å²) in [6, 6.07) is 2.74. The van der Waals surface area contributed by atoms with Crippen molar-refractivity contribution in [3.05, 3.63) is 45.1 Å². The zero-order valence-corrected chi connectivity index (χ0v) is 10.8. The summed E-state index contributed by atoms with van der Waals surface area (Å²) in [5, 5.41) is 3.36. The Labute approximate surface area is 115 Å². The van der Waals surface area contributed by atoms with Crippen LogP contribution in [0.15, 0.2) is 24.4 Å². The van der Waals surface area contributed by atoms with Crippen LogP contribution in [0.4, 0.5) is 23.2 Å². The maximum Gasteiger partial charge on any atom is 0.419 e.